The molecule has 4 aromatic carbocycles. The summed E-state index contributed by atoms with van der Waals surface area (Å²) in [6.45, 7) is 3.70. The topological polar surface area (TPSA) is 65.1 Å². The normalized spacial score (nSPS) is 14.1. The van der Waals surface area contributed by atoms with Crippen molar-refractivity contribution in [3.63, 3.8) is 0 Å². The molecule has 6 nitrogen and oxygen atoms in total. The van der Waals surface area contributed by atoms with Gasteiger partial charge in [-0.2, -0.15) is 0 Å². The molecule has 0 unspecified atom stereocenters. The van der Waals surface area contributed by atoms with Gasteiger partial charge in [-0.1, -0.05) is 12.5 Å². The number of nitrogens with zero attached hydrogens (tertiary/aromatic N) is 1. The predicted octanol–water partition coefficient (Wildman–Crippen LogP) is 6.42. The Morgan fingerprint density at radius 2 is 1.49 bits per heavy atom. The molecular weight excluding hydrogens is 524 g/mol. The molecule has 0 aromatic heterocycles. The molecule has 39 heavy (non-hydrogen) atoms. The Balaban J connectivity index is 1.44. The smallest absolute Gasteiger partial charge is 0.174 e. The van der Waals surface area contributed by atoms with Crippen molar-refractivity contribution in [2.24, 2.45) is 0 Å². The lowest BCUT2D eigenvalue weighted by Crippen LogP contribution is -2.33. The number of ether oxygens (including phenoxy) is 3. The van der Waals surface area contributed by atoms with E-state index in [1.807, 2.05) is 18.2 Å². The van der Waals surface area contributed by atoms with Crippen molar-refractivity contribution < 1.29 is 31.4 Å². The van der Waals surface area contributed by atoms with Gasteiger partial charge in [-0.05, 0) is 97.5 Å². The summed E-state index contributed by atoms with van der Waals surface area (Å²) in [7, 11) is -1.86. The van der Waals surface area contributed by atoms with Crippen molar-refractivity contribution in [3.05, 3.63) is 78.4 Å². The molecule has 0 amide bonds. The molecule has 0 atom stereocenters. The maximum Gasteiger partial charge on any atom is 0.174 e. The van der Waals surface area contributed by atoms with E-state index in [9.17, 15) is 17.2 Å². The molecule has 204 valence electrons. The van der Waals surface area contributed by atoms with E-state index in [1.54, 1.807) is 43.5 Å². The maximum absolute atomic E-state index is 14.6. The van der Waals surface area contributed by atoms with Crippen LogP contribution in [0.4, 0.5) is 8.78 Å². The minimum absolute atomic E-state index is 0.149. The van der Waals surface area contributed by atoms with Gasteiger partial charge in [-0.15, -0.1) is 0 Å². The number of hydrogen-bond acceptors (Lipinski definition) is 6. The van der Waals surface area contributed by atoms with E-state index in [4.69, 9.17) is 14.2 Å². The quantitative estimate of drug-likeness (QED) is 0.241. The monoisotopic (exact) mass is 553 g/mol. The zero-order valence-corrected chi connectivity index (χ0v) is 22.4. The fourth-order valence-corrected chi connectivity index (χ4v) is 5.31. The van der Waals surface area contributed by atoms with Gasteiger partial charge in [0.2, 0.25) is 0 Å². The van der Waals surface area contributed by atoms with Gasteiger partial charge >= 0.3 is 0 Å². The minimum Gasteiger partial charge on any atom is -0.497 e. The lowest BCUT2D eigenvalue weighted by atomic mass is 9.99. The van der Waals surface area contributed by atoms with Crippen LogP contribution in [0.25, 0.3) is 21.9 Å². The number of hydrogen-bond donors (Lipinski definition) is 1. The van der Waals surface area contributed by atoms with E-state index in [2.05, 4.69) is 4.90 Å². The van der Waals surface area contributed by atoms with Gasteiger partial charge in [0.15, 0.2) is 10.7 Å². The summed E-state index contributed by atoms with van der Waals surface area (Å²) in [6.07, 6.45) is 3.76. The number of halogens is 2. The average Bonchev–Trinajstić information content (AvgIpc) is 2.93. The van der Waals surface area contributed by atoms with Crippen LogP contribution in [0.15, 0.2) is 71.6 Å². The molecule has 1 heterocycles. The summed E-state index contributed by atoms with van der Waals surface area (Å²) >= 11 is 0. The second-order valence-corrected chi connectivity index (χ2v) is 10.4. The van der Waals surface area contributed by atoms with Gasteiger partial charge in [0.1, 0.15) is 46.1 Å². The Labute approximate surface area is 227 Å². The highest BCUT2D eigenvalue weighted by Crippen LogP contribution is 2.41. The Bertz CT molecular complexity index is 1520. The molecule has 5 rings (SSSR count). The van der Waals surface area contributed by atoms with Crippen LogP contribution < -0.4 is 14.2 Å². The molecule has 1 aliphatic heterocycles. The van der Waals surface area contributed by atoms with E-state index in [-0.39, 0.29) is 5.56 Å². The van der Waals surface area contributed by atoms with Crippen molar-refractivity contribution in [1.82, 2.24) is 4.90 Å². The molecule has 0 aliphatic carbocycles. The molecule has 4 aromatic rings. The van der Waals surface area contributed by atoms with Gasteiger partial charge in [-0.25, -0.2) is 17.2 Å². The summed E-state index contributed by atoms with van der Waals surface area (Å²) in [4.78, 5) is 1.45. The Morgan fingerprint density at radius 1 is 0.821 bits per heavy atom. The molecule has 1 saturated heterocycles. The first-order valence-corrected chi connectivity index (χ1v) is 14.0. The SMILES string of the molecule is COc1ccc2c(Oc3ccc(OCCN4CCCCC4)cc3)c(-c3cc(F)c([SH](=O)=O)c(F)c3)ccc2c1. The zero-order valence-electron chi connectivity index (χ0n) is 21.5. The van der Waals surface area contributed by atoms with Crippen molar-refractivity contribution in [2.45, 2.75) is 24.2 Å². The Hall–Kier alpha value is -3.69. The number of likely N-dealkylation sites (tertiary alicyclic amines) is 1. The van der Waals surface area contributed by atoms with Gasteiger partial charge in [0, 0.05) is 17.5 Å². The first kappa shape index (κ1) is 26.9. The number of benzene rings is 4. The molecule has 0 N–H and O–H groups in total. The van der Waals surface area contributed by atoms with Gasteiger partial charge in [0.05, 0.1) is 7.11 Å². The van der Waals surface area contributed by atoms with E-state index in [1.165, 1.54) is 19.3 Å². The third-order valence-corrected chi connectivity index (χ3v) is 7.65. The molecule has 0 saturated carbocycles. The lowest BCUT2D eigenvalue weighted by molar-refractivity contribution is 0.183. The largest absolute Gasteiger partial charge is 0.497 e. The first-order chi connectivity index (χ1) is 18.9. The van der Waals surface area contributed by atoms with Gasteiger partial charge < -0.3 is 14.2 Å². The summed E-state index contributed by atoms with van der Waals surface area (Å²) in [6, 6.07) is 18.1. The summed E-state index contributed by atoms with van der Waals surface area (Å²) in [5, 5.41) is 1.49. The fraction of sp³-hybridized carbons (Fsp3) is 0.267. The van der Waals surface area contributed by atoms with Crippen LogP contribution >= 0.6 is 0 Å². The molecular formula is C30H29F2NO5S. The Kier molecular flexibility index (Phi) is 8.28. The zero-order chi connectivity index (χ0) is 27.4. The molecule has 1 fully saturated rings. The van der Waals surface area contributed by atoms with Crippen LogP contribution in [0.5, 0.6) is 23.0 Å². The van der Waals surface area contributed by atoms with Gasteiger partial charge in [0.25, 0.3) is 0 Å². The van der Waals surface area contributed by atoms with E-state index in [0.717, 1.165) is 37.2 Å². The molecule has 9 heteroatoms. The van der Waals surface area contributed by atoms with Crippen LogP contribution in [0.1, 0.15) is 19.3 Å². The van der Waals surface area contributed by atoms with E-state index in [0.29, 0.717) is 40.6 Å². The highest BCUT2D eigenvalue weighted by molar-refractivity contribution is 7.72. The highest BCUT2D eigenvalue weighted by atomic mass is 32.2. The number of piperidine rings is 1. The molecule has 1 aliphatic rings. The molecule has 0 spiro atoms. The first-order valence-electron chi connectivity index (χ1n) is 12.8. The maximum atomic E-state index is 14.6. The standard InChI is InChI=1S/C30H29F2NO5S/c1-36-24-10-12-25-20(17-24)5-11-26(21-18-27(31)30(39(34)35)28(32)19-21)29(25)38-23-8-6-22(7-9-23)37-16-15-33-13-3-2-4-14-33/h5-12,17-19,39H,2-4,13-16H2,1H3. The molecule has 0 bridgehead atoms. The minimum atomic E-state index is -3.42. The van der Waals surface area contributed by atoms with Crippen molar-refractivity contribution in [3.8, 4) is 34.1 Å². The number of thiol groups is 1. The predicted molar refractivity (Wildman–Crippen MR) is 147 cm³/mol. The van der Waals surface area contributed by atoms with Crippen LogP contribution in [0.3, 0.4) is 0 Å². The summed E-state index contributed by atoms with van der Waals surface area (Å²) < 4.78 is 69.3. The van der Waals surface area contributed by atoms with Crippen molar-refractivity contribution in [2.75, 3.05) is 33.4 Å². The van der Waals surface area contributed by atoms with Crippen LogP contribution in [-0.4, -0.2) is 46.7 Å². The molecule has 0 radical (unpaired) electrons. The highest BCUT2D eigenvalue weighted by Gasteiger charge is 2.19. The average molecular weight is 554 g/mol. The fourth-order valence-electron chi connectivity index (χ4n) is 4.84. The van der Waals surface area contributed by atoms with Crippen molar-refractivity contribution in [1.29, 1.82) is 0 Å². The second kappa shape index (κ2) is 12.0. The number of fused-ring (bicyclic) bond motifs is 1. The van der Waals surface area contributed by atoms with E-state index < -0.39 is 27.2 Å². The third-order valence-electron chi connectivity index (χ3n) is 6.86. The lowest BCUT2D eigenvalue weighted by Gasteiger charge is -2.26. The van der Waals surface area contributed by atoms with Crippen LogP contribution in [-0.2, 0) is 10.7 Å². The number of rotatable bonds is 9. The van der Waals surface area contributed by atoms with Crippen molar-refractivity contribution >= 4 is 21.5 Å². The van der Waals surface area contributed by atoms with Gasteiger partial charge in [-0.3, -0.25) is 4.90 Å². The summed E-state index contributed by atoms with van der Waals surface area (Å²) in [5.74, 6) is -0.0855. The second-order valence-electron chi connectivity index (χ2n) is 9.40. The van der Waals surface area contributed by atoms with Crippen LogP contribution in [0.2, 0.25) is 0 Å². The third kappa shape index (κ3) is 6.15. The Morgan fingerprint density at radius 3 is 2.15 bits per heavy atom. The number of methoxy groups -OCH3 is 1. The van der Waals surface area contributed by atoms with E-state index >= 15 is 0 Å². The van der Waals surface area contributed by atoms with Crippen LogP contribution in [0, 0.1) is 11.6 Å². The summed E-state index contributed by atoms with van der Waals surface area (Å²) in [5.41, 5.74) is 0.552.